The molecule has 0 aliphatic carbocycles. The molecule has 0 saturated heterocycles. The second-order valence-electron chi connectivity index (χ2n) is 3.17. The first-order valence-electron chi connectivity index (χ1n) is 3.98. The molecule has 74 valence electrons. The molecular weight excluding hydrogens is 191 g/mol. The predicted octanol–water partition coefficient (Wildman–Crippen LogP) is 2.30. The van der Waals surface area contributed by atoms with Crippen LogP contribution in [0, 0.1) is 11.7 Å². The van der Waals surface area contributed by atoms with Crippen molar-refractivity contribution in [2.24, 2.45) is 11.7 Å². The standard InChI is InChI=1S/C9H13FN2.ClH/c1-6(2)9(11)8-4-3-7(10)5-12-8;/h3-6,9H,11H2,1-2H3;1H/t9-;/m1./s1. The molecule has 0 bridgehead atoms. The Balaban J connectivity index is 0.00000144. The maximum atomic E-state index is 12.4. The van der Waals surface area contributed by atoms with Crippen LogP contribution in [-0.4, -0.2) is 4.98 Å². The van der Waals surface area contributed by atoms with Crippen molar-refractivity contribution in [2.75, 3.05) is 0 Å². The van der Waals surface area contributed by atoms with E-state index in [4.69, 9.17) is 5.73 Å². The first kappa shape index (κ1) is 12.3. The fourth-order valence-electron chi connectivity index (χ4n) is 0.926. The van der Waals surface area contributed by atoms with Gasteiger partial charge in [-0.05, 0) is 18.1 Å². The summed E-state index contributed by atoms with van der Waals surface area (Å²) in [5, 5.41) is 0. The Hall–Kier alpha value is -0.670. The van der Waals surface area contributed by atoms with Crippen LogP contribution in [0.15, 0.2) is 18.3 Å². The normalized spacial score (nSPS) is 12.4. The highest BCUT2D eigenvalue weighted by Gasteiger charge is 2.10. The number of nitrogens with two attached hydrogens (primary N) is 1. The molecular formula is C9H14ClFN2. The van der Waals surface area contributed by atoms with Crippen LogP contribution in [0.3, 0.4) is 0 Å². The van der Waals surface area contributed by atoms with Crippen molar-refractivity contribution in [3.63, 3.8) is 0 Å². The first-order chi connectivity index (χ1) is 5.61. The maximum absolute atomic E-state index is 12.4. The van der Waals surface area contributed by atoms with Gasteiger partial charge in [0.05, 0.1) is 11.9 Å². The number of hydrogen-bond acceptors (Lipinski definition) is 2. The molecule has 0 spiro atoms. The molecule has 1 rings (SSSR count). The highest BCUT2D eigenvalue weighted by Crippen LogP contribution is 2.15. The van der Waals surface area contributed by atoms with Crippen molar-refractivity contribution in [3.05, 3.63) is 29.8 Å². The lowest BCUT2D eigenvalue weighted by Gasteiger charge is -2.14. The van der Waals surface area contributed by atoms with E-state index in [-0.39, 0.29) is 24.3 Å². The summed E-state index contributed by atoms with van der Waals surface area (Å²) in [6.07, 6.45) is 1.19. The van der Waals surface area contributed by atoms with Crippen LogP contribution in [0.25, 0.3) is 0 Å². The number of halogens is 2. The van der Waals surface area contributed by atoms with Gasteiger partial charge in [0.25, 0.3) is 0 Å². The number of rotatable bonds is 2. The van der Waals surface area contributed by atoms with Crippen molar-refractivity contribution in [1.82, 2.24) is 4.98 Å². The minimum Gasteiger partial charge on any atom is -0.322 e. The monoisotopic (exact) mass is 204 g/mol. The van der Waals surface area contributed by atoms with Gasteiger partial charge in [0.2, 0.25) is 0 Å². The second kappa shape index (κ2) is 5.14. The molecule has 2 N–H and O–H groups in total. The van der Waals surface area contributed by atoms with E-state index < -0.39 is 0 Å². The van der Waals surface area contributed by atoms with Crippen molar-refractivity contribution in [1.29, 1.82) is 0 Å². The van der Waals surface area contributed by atoms with Gasteiger partial charge in [-0.15, -0.1) is 12.4 Å². The topological polar surface area (TPSA) is 38.9 Å². The van der Waals surface area contributed by atoms with Gasteiger partial charge in [-0.25, -0.2) is 4.39 Å². The van der Waals surface area contributed by atoms with Crippen molar-refractivity contribution in [3.8, 4) is 0 Å². The Bertz CT molecular complexity index is 248. The van der Waals surface area contributed by atoms with E-state index in [1.165, 1.54) is 12.3 Å². The van der Waals surface area contributed by atoms with Crippen LogP contribution < -0.4 is 5.73 Å². The van der Waals surface area contributed by atoms with E-state index in [2.05, 4.69) is 4.98 Å². The molecule has 0 fully saturated rings. The molecule has 0 aromatic carbocycles. The third-order valence-corrected chi connectivity index (χ3v) is 1.81. The van der Waals surface area contributed by atoms with Gasteiger partial charge in [-0.2, -0.15) is 0 Å². The minimum absolute atomic E-state index is 0. The van der Waals surface area contributed by atoms with Gasteiger partial charge in [0.1, 0.15) is 5.82 Å². The van der Waals surface area contributed by atoms with Crippen LogP contribution in [0.4, 0.5) is 4.39 Å². The molecule has 4 heteroatoms. The second-order valence-corrected chi connectivity index (χ2v) is 3.17. The highest BCUT2D eigenvalue weighted by molar-refractivity contribution is 5.85. The van der Waals surface area contributed by atoms with Crippen LogP contribution in [0.5, 0.6) is 0 Å². The average molecular weight is 205 g/mol. The molecule has 2 nitrogen and oxygen atoms in total. The van der Waals surface area contributed by atoms with Crippen LogP contribution in [0.1, 0.15) is 25.6 Å². The van der Waals surface area contributed by atoms with Crippen molar-refractivity contribution < 1.29 is 4.39 Å². The molecule has 0 aliphatic heterocycles. The quantitative estimate of drug-likeness (QED) is 0.803. The zero-order valence-corrected chi connectivity index (χ0v) is 8.51. The van der Waals surface area contributed by atoms with Gasteiger partial charge >= 0.3 is 0 Å². The summed E-state index contributed by atoms with van der Waals surface area (Å²) >= 11 is 0. The van der Waals surface area contributed by atoms with Crippen LogP contribution in [-0.2, 0) is 0 Å². The molecule has 1 aromatic rings. The van der Waals surface area contributed by atoms with Gasteiger partial charge in [0, 0.05) is 6.04 Å². The maximum Gasteiger partial charge on any atom is 0.141 e. The molecule has 13 heavy (non-hydrogen) atoms. The van der Waals surface area contributed by atoms with E-state index in [0.717, 1.165) is 5.69 Å². The zero-order valence-electron chi connectivity index (χ0n) is 7.70. The van der Waals surface area contributed by atoms with E-state index in [1.54, 1.807) is 6.07 Å². The summed E-state index contributed by atoms with van der Waals surface area (Å²) in [4.78, 5) is 3.90. The van der Waals surface area contributed by atoms with Gasteiger partial charge in [-0.3, -0.25) is 4.98 Å². The van der Waals surface area contributed by atoms with Crippen LogP contribution in [0.2, 0.25) is 0 Å². The van der Waals surface area contributed by atoms with Gasteiger partial charge < -0.3 is 5.73 Å². The summed E-state index contributed by atoms with van der Waals surface area (Å²) < 4.78 is 12.4. The third kappa shape index (κ3) is 3.28. The van der Waals surface area contributed by atoms with E-state index in [9.17, 15) is 4.39 Å². The first-order valence-corrected chi connectivity index (χ1v) is 3.98. The Labute approximate surface area is 83.8 Å². The highest BCUT2D eigenvalue weighted by atomic mass is 35.5. The Kier molecular flexibility index (Phi) is 4.88. The minimum atomic E-state index is -0.324. The Morgan fingerprint density at radius 3 is 2.38 bits per heavy atom. The average Bonchev–Trinajstić information content (AvgIpc) is 2.04. The van der Waals surface area contributed by atoms with Gasteiger partial charge in [-0.1, -0.05) is 13.8 Å². The number of nitrogens with zero attached hydrogens (tertiary/aromatic N) is 1. The van der Waals surface area contributed by atoms with Gasteiger partial charge in [0.15, 0.2) is 0 Å². The molecule has 1 heterocycles. The summed E-state index contributed by atoms with van der Waals surface area (Å²) in [6, 6.07) is 2.90. The summed E-state index contributed by atoms with van der Waals surface area (Å²) in [6.45, 7) is 4.02. The SMILES string of the molecule is CC(C)[C@@H](N)c1ccc(F)cn1.Cl. The summed E-state index contributed by atoms with van der Waals surface area (Å²) in [5.74, 6) is -0.00216. The fourth-order valence-corrected chi connectivity index (χ4v) is 0.926. The van der Waals surface area contributed by atoms with E-state index >= 15 is 0 Å². The summed E-state index contributed by atoms with van der Waals surface area (Å²) in [5.41, 5.74) is 6.54. The number of pyridine rings is 1. The molecule has 0 amide bonds. The van der Waals surface area contributed by atoms with E-state index in [0.29, 0.717) is 5.92 Å². The zero-order chi connectivity index (χ0) is 9.14. The Morgan fingerprint density at radius 1 is 1.38 bits per heavy atom. The smallest absolute Gasteiger partial charge is 0.141 e. The van der Waals surface area contributed by atoms with Crippen LogP contribution >= 0.6 is 12.4 Å². The fraction of sp³-hybridized carbons (Fsp3) is 0.444. The molecule has 0 radical (unpaired) electrons. The lowest BCUT2D eigenvalue weighted by atomic mass is 10.0. The number of hydrogen-bond donors (Lipinski definition) is 1. The third-order valence-electron chi connectivity index (χ3n) is 1.81. The molecule has 0 saturated carbocycles. The largest absolute Gasteiger partial charge is 0.322 e. The molecule has 1 atom stereocenters. The Morgan fingerprint density at radius 2 is 2.00 bits per heavy atom. The van der Waals surface area contributed by atoms with E-state index in [1.807, 2.05) is 13.8 Å². The van der Waals surface area contributed by atoms with Crippen molar-refractivity contribution >= 4 is 12.4 Å². The molecule has 0 unspecified atom stereocenters. The molecule has 0 aliphatic rings. The lowest BCUT2D eigenvalue weighted by molar-refractivity contribution is 0.500. The lowest BCUT2D eigenvalue weighted by Crippen LogP contribution is -2.17. The number of aromatic nitrogens is 1. The van der Waals surface area contributed by atoms with Crippen molar-refractivity contribution in [2.45, 2.75) is 19.9 Å². The molecule has 1 aromatic heterocycles. The summed E-state index contributed by atoms with van der Waals surface area (Å²) in [7, 11) is 0. The predicted molar refractivity (Wildman–Crippen MR) is 53.2 cm³/mol.